The summed E-state index contributed by atoms with van der Waals surface area (Å²) in [6, 6.07) is 12.1. The van der Waals surface area contributed by atoms with E-state index in [4.69, 9.17) is 51.6 Å². The van der Waals surface area contributed by atoms with E-state index in [1.54, 1.807) is 50.3 Å². The average Bonchev–Trinajstić information content (AvgIpc) is 1.38. The van der Waals surface area contributed by atoms with Gasteiger partial charge in [0.15, 0.2) is 9.84 Å². The van der Waals surface area contributed by atoms with Crippen molar-refractivity contribution in [3.05, 3.63) is 180 Å². The van der Waals surface area contributed by atoms with Gasteiger partial charge in [-0.2, -0.15) is 0 Å². The maximum Gasteiger partial charge on any atom is 0.552 e. The second-order valence-electron chi connectivity index (χ2n) is 40.3. The van der Waals surface area contributed by atoms with Crippen molar-refractivity contribution in [2.75, 3.05) is 31.8 Å². The highest BCUT2D eigenvalue weighted by Gasteiger charge is 2.44. The van der Waals surface area contributed by atoms with Crippen LogP contribution in [-0.2, 0) is 33.5 Å². The molecular weight excluding hydrogens is 1820 g/mol. The second kappa shape index (κ2) is 44.1. The van der Waals surface area contributed by atoms with E-state index in [0.717, 1.165) is 266 Å². The summed E-state index contributed by atoms with van der Waals surface area (Å²) in [5.41, 5.74) is 18.5. The third-order valence-corrected chi connectivity index (χ3v) is 32.4. The molecule has 742 valence electrons. The molecule has 38 heteroatoms. The van der Waals surface area contributed by atoms with Crippen LogP contribution in [0.5, 0.6) is 34.5 Å². The molecule has 7 aliphatic carbocycles. The Kier molecular flexibility index (Phi) is 30.6. The molecule has 0 amide bonds. The van der Waals surface area contributed by atoms with E-state index in [2.05, 4.69) is 87.5 Å². The lowest BCUT2D eigenvalue weighted by Gasteiger charge is -2.38. The minimum absolute atomic E-state index is 0.203. The first kappa shape index (κ1) is 98.7. The van der Waals surface area contributed by atoms with Gasteiger partial charge in [0.05, 0.1) is 85.7 Å². The third kappa shape index (κ3) is 22.1. The topological polar surface area (TPSA) is 429 Å². The number of hydrogen-bond donors (Lipinski definition) is 12. The van der Waals surface area contributed by atoms with Gasteiger partial charge in [0, 0.05) is 129 Å². The number of nitrogens with zero attached hydrogens (tertiary/aromatic N) is 6. The Morgan fingerprint density at radius 1 is 0.345 bits per heavy atom. The number of nitrogens with one attached hydrogen (secondary N) is 6. The first-order chi connectivity index (χ1) is 69.1. The largest absolute Gasteiger partial charge is 0.552 e. The highest BCUT2D eigenvalue weighted by atomic mass is 32.2. The fourth-order valence-electron chi connectivity index (χ4n) is 23.7. The summed E-state index contributed by atoms with van der Waals surface area (Å²) in [7, 11) is -6.59. The molecular formula is C104H128B6N12O19S. The molecule has 142 heavy (non-hydrogen) atoms. The van der Waals surface area contributed by atoms with Crippen molar-refractivity contribution < 1.29 is 90.2 Å². The number of pyridine rings is 6. The van der Waals surface area contributed by atoms with Gasteiger partial charge in [-0.1, -0.05) is 13.8 Å². The van der Waals surface area contributed by atoms with E-state index in [-0.39, 0.29) is 29.4 Å². The maximum absolute atomic E-state index is 12.0. The van der Waals surface area contributed by atoms with Crippen LogP contribution in [0.2, 0.25) is 0 Å². The van der Waals surface area contributed by atoms with E-state index >= 15 is 0 Å². The first-order valence-electron chi connectivity index (χ1n) is 51.6. The van der Waals surface area contributed by atoms with Crippen LogP contribution in [0.3, 0.4) is 0 Å². The molecule has 13 aliphatic rings. The molecule has 12 N–H and O–H groups in total. The predicted molar refractivity (Wildman–Crippen MR) is 555 cm³/mol. The van der Waals surface area contributed by atoms with Crippen LogP contribution in [0.15, 0.2) is 147 Å². The number of aromatic amines is 6. The normalized spacial score (nSPS) is 24.4. The lowest BCUT2D eigenvalue weighted by atomic mass is 9.66. The van der Waals surface area contributed by atoms with E-state index in [9.17, 15) is 38.6 Å². The number of aromatic nitrogens is 12. The van der Waals surface area contributed by atoms with Crippen LogP contribution in [0.4, 0.5) is 0 Å². The molecule has 0 bridgehead atoms. The number of H-pyrrole nitrogens is 6. The van der Waals surface area contributed by atoms with Crippen molar-refractivity contribution in [1.29, 1.82) is 0 Å². The number of sulfone groups is 1. The van der Waals surface area contributed by atoms with E-state index in [1.807, 2.05) is 110 Å². The van der Waals surface area contributed by atoms with E-state index < -0.39 is 52.5 Å². The van der Waals surface area contributed by atoms with Gasteiger partial charge in [-0.15, -0.1) is 0 Å². The average molecular weight is 1950 g/mol. The Bertz CT molecular complexity index is 6620. The Morgan fingerprint density at radius 2 is 0.599 bits per heavy atom. The van der Waals surface area contributed by atoms with Gasteiger partial charge in [0.25, 0.3) is 0 Å². The molecule has 0 radical (unpaired) electrons. The molecule has 0 aromatic carbocycles. The number of ether oxygens (including phenoxy) is 5. The highest BCUT2D eigenvalue weighted by molar-refractivity contribution is 7.91. The second-order valence-corrected chi connectivity index (χ2v) is 42.5. The summed E-state index contributed by atoms with van der Waals surface area (Å²) in [4.78, 5) is 45.0. The molecule has 0 spiro atoms. The van der Waals surface area contributed by atoms with Gasteiger partial charge in [-0.05, 0) is 335 Å². The van der Waals surface area contributed by atoms with Crippen molar-refractivity contribution >= 4 is 152 Å². The van der Waals surface area contributed by atoms with E-state index in [0.29, 0.717) is 107 Å². The molecule has 0 saturated heterocycles. The lowest BCUT2D eigenvalue weighted by molar-refractivity contribution is -0.0159. The van der Waals surface area contributed by atoms with Crippen LogP contribution < -0.4 is 27.9 Å². The van der Waals surface area contributed by atoms with Gasteiger partial charge in [-0.3, -0.25) is 0 Å². The zero-order valence-corrected chi connectivity index (χ0v) is 82.5. The summed E-state index contributed by atoms with van der Waals surface area (Å²) in [5, 5.41) is 66.7. The van der Waals surface area contributed by atoms with E-state index in [1.165, 1.54) is 40.7 Å². The van der Waals surface area contributed by atoms with Crippen LogP contribution in [-0.4, -0.2) is 216 Å². The molecule has 6 aliphatic heterocycles. The van der Waals surface area contributed by atoms with Crippen LogP contribution >= 0.6 is 0 Å². The summed E-state index contributed by atoms with van der Waals surface area (Å²) in [5.74, 6) is 18.2. The monoisotopic (exact) mass is 1950 g/mol. The number of methoxy groups -OCH3 is 1. The standard InChI is InChI=1S/C18H21BN2O3.2C18H23BN2O3.C17H21BN2O4S.C17H21BN2O3.C16H19BN2O3/c22-19-9-15(11-1-3-12(4-2-11)23-13-5-6-13)17-14-7-8-20-18(14)21-10-16(17)24-19;1-11(2)23-13-5-3-12(4-6-13)15-9-19(22)24-16-10-21-18-14(17(15)16)7-8-20-18;1-2-9-23-13-5-3-12(4-6-13)15-10-19(22)24-16-11-21-18-14(17(15)16)7-8-20-18;1-2-5-25(22,23)10-11-6-12(7-11)14-8-18(21)24-15-9-20-17-13(16(14)15)3-4-19-17;1-2-22-12-5-3-11(4-6-12)14-9-18(21)23-15-10-20-17-13(16(14)15)7-8-19-17;1-21-11-4-2-10(3-5-11)13-8-17(20)22-14-9-19-16-12(15(13)14)6-7-18-16/h7-13,22H,1-6H2,(H,20,21);7-13,22H,3-6H2,1-2H3,(H,20,21);7-8,10-13,22H,2-6,9H2,1H3,(H,20,21);3-4,8-9,11-12,21H,2,5-7,10H2,1H3,(H,19,20);7-12,21H,2-6H2,1H3,(H,19,20);6-11,20H,2-5H2,1H3,(H,18,19). The minimum Gasteiger partial charge on any atom is -0.531 e. The van der Waals surface area contributed by atoms with Gasteiger partial charge >= 0.3 is 42.7 Å². The first-order valence-corrected chi connectivity index (χ1v) is 53.4. The molecule has 7 fully saturated rings. The minimum atomic E-state index is -2.95. The molecule has 0 unspecified atom stereocenters. The number of hydrogen-bond acceptors (Lipinski definition) is 25. The van der Waals surface area contributed by atoms with Crippen molar-refractivity contribution in [3.8, 4) is 34.5 Å². The summed E-state index contributed by atoms with van der Waals surface area (Å²) in [6.45, 7) is 11.9. The number of rotatable bonds is 20. The lowest BCUT2D eigenvalue weighted by Crippen LogP contribution is -2.34. The van der Waals surface area contributed by atoms with Gasteiger partial charge in [0.1, 0.15) is 68.4 Å². The third-order valence-electron chi connectivity index (χ3n) is 30.4. The van der Waals surface area contributed by atoms with Crippen molar-refractivity contribution in [3.63, 3.8) is 0 Å². The molecule has 12 aromatic rings. The van der Waals surface area contributed by atoms with Crippen molar-refractivity contribution in [2.45, 2.75) is 244 Å². The molecule has 31 nitrogen and oxygen atoms in total. The fourth-order valence-corrected chi connectivity index (χ4v) is 25.5. The maximum atomic E-state index is 12.0. The quantitative estimate of drug-likeness (QED) is 0.0315. The zero-order chi connectivity index (χ0) is 97.8. The molecule has 0 atom stereocenters. The van der Waals surface area contributed by atoms with Gasteiger partial charge in [0.2, 0.25) is 0 Å². The fraction of sp³-hybridized carbons (Fsp3) is 0.481. The SMILES string of the molecule is CC(C)OC1CCC(C2=CB(O)Oc3cnc4[nH]ccc4c32)CC1.CCCOC1CCC(C2=CB(O)Oc3cnc4[nH]ccc4c32)CC1.CCCS(=O)(=O)CC1CC(C2=CB(O)Oc3cnc4[nH]ccc4c32)C1.CCOC1CCC(C2=CB(O)Oc3cnc4[nH]ccc4c32)CC1.COC1CCC(C2=CB(O)Oc3cnc4[nH]ccc4c32)CC1.OB1C=C(C2CCC(OC3CC3)CC2)c2c(cnc3[nH]ccc23)O1. The van der Waals surface area contributed by atoms with Crippen LogP contribution in [0.25, 0.3) is 99.6 Å². The highest BCUT2D eigenvalue weighted by Crippen LogP contribution is 2.54. The van der Waals surface area contributed by atoms with Crippen molar-refractivity contribution in [1.82, 2.24) is 59.8 Å². The summed E-state index contributed by atoms with van der Waals surface area (Å²) >= 11 is 0. The Hall–Kier alpha value is -10.7. The van der Waals surface area contributed by atoms with Crippen LogP contribution in [0, 0.1) is 41.4 Å². The number of fused-ring (bicyclic) bond motifs is 18. The summed E-state index contributed by atoms with van der Waals surface area (Å²) < 4.78 is 86.6. The molecule has 25 rings (SSSR count). The zero-order valence-electron chi connectivity index (χ0n) is 81.7. The Balaban J connectivity index is 0.000000104. The Morgan fingerprint density at radius 3 is 0.852 bits per heavy atom. The van der Waals surface area contributed by atoms with Gasteiger partial charge in [-0.25, -0.2) is 38.3 Å². The van der Waals surface area contributed by atoms with Crippen LogP contribution in [0.1, 0.15) is 235 Å². The number of allylic oxidation sites excluding steroid dienone is 6. The molecule has 7 saturated carbocycles. The predicted octanol–water partition coefficient (Wildman–Crippen LogP) is 17.5. The smallest absolute Gasteiger partial charge is 0.531 e. The van der Waals surface area contributed by atoms with Crippen molar-refractivity contribution in [2.24, 2.45) is 41.4 Å². The van der Waals surface area contributed by atoms with Gasteiger partial charge < -0.3 is 112 Å². The molecule has 18 heterocycles. The molecule has 12 aromatic heterocycles. The Labute approximate surface area is 829 Å². The summed E-state index contributed by atoms with van der Waals surface area (Å²) in [6.07, 6.45) is 51.7.